The molecule has 4 heteroatoms. The fraction of sp³-hybridized carbons (Fsp3) is 0.562. The molecule has 20 heavy (non-hydrogen) atoms. The van der Waals surface area contributed by atoms with E-state index in [-0.39, 0.29) is 12.4 Å². The van der Waals surface area contributed by atoms with Gasteiger partial charge in [0.2, 0.25) is 0 Å². The van der Waals surface area contributed by atoms with Crippen LogP contribution in [0.4, 0.5) is 0 Å². The third-order valence-corrected chi connectivity index (χ3v) is 3.69. The van der Waals surface area contributed by atoms with Crippen molar-refractivity contribution in [2.75, 3.05) is 13.2 Å². The van der Waals surface area contributed by atoms with E-state index < -0.39 is 6.10 Å². The van der Waals surface area contributed by atoms with E-state index in [1.54, 1.807) is 12.1 Å². The monoisotopic (exact) mass is 277 g/mol. The van der Waals surface area contributed by atoms with Gasteiger partial charge in [0.15, 0.2) is 5.78 Å². The minimum Gasteiger partial charge on any atom is -0.490 e. The fourth-order valence-electron chi connectivity index (χ4n) is 2.56. The van der Waals surface area contributed by atoms with Crippen LogP contribution in [0.5, 0.6) is 5.75 Å². The quantitative estimate of drug-likeness (QED) is 0.750. The molecule has 1 aromatic rings. The van der Waals surface area contributed by atoms with Gasteiger partial charge >= 0.3 is 0 Å². The van der Waals surface area contributed by atoms with E-state index in [0.29, 0.717) is 23.9 Å². The number of ketones is 1. The van der Waals surface area contributed by atoms with E-state index in [1.165, 1.54) is 32.6 Å². The fourth-order valence-corrected chi connectivity index (χ4v) is 2.56. The number of Topliss-reactive ketones (excluding diaryl/α,β-unsaturated/α-hetero) is 1. The Kier molecular flexibility index (Phi) is 5.56. The lowest BCUT2D eigenvalue weighted by atomic mass is 10.1. The molecule has 0 aromatic heterocycles. The Morgan fingerprint density at radius 3 is 2.80 bits per heavy atom. The summed E-state index contributed by atoms with van der Waals surface area (Å²) in [6.07, 6.45) is 4.38. The smallest absolute Gasteiger partial charge is 0.163 e. The van der Waals surface area contributed by atoms with Crippen molar-refractivity contribution in [1.29, 1.82) is 0 Å². The highest BCUT2D eigenvalue weighted by molar-refractivity contribution is 5.96. The number of carbonyl (C=O) groups is 1. The summed E-state index contributed by atoms with van der Waals surface area (Å²) in [6, 6.07) is 7.66. The first kappa shape index (κ1) is 15.0. The van der Waals surface area contributed by atoms with Crippen LogP contribution in [0, 0.1) is 0 Å². The Bertz CT molecular complexity index is 441. The lowest BCUT2D eigenvalue weighted by Crippen LogP contribution is -2.36. The van der Waals surface area contributed by atoms with Crippen molar-refractivity contribution < 1.29 is 14.6 Å². The average molecular weight is 277 g/mol. The highest BCUT2D eigenvalue weighted by Gasteiger charge is 2.16. The molecule has 0 saturated heterocycles. The molecule has 1 fully saturated rings. The van der Waals surface area contributed by atoms with Crippen molar-refractivity contribution in [2.24, 2.45) is 0 Å². The van der Waals surface area contributed by atoms with Crippen LogP contribution in [0.1, 0.15) is 43.0 Å². The van der Waals surface area contributed by atoms with Crippen molar-refractivity contribution >= 4 is 5.78 Å². The molecule has 1 saturated carbocycles. The van der Waals surface area contributed by atoms with Crippen LogP contribution in [0.3, 0.4) is 0 Å². The molecule has 0 spiro atoms. The molecule has 1 aliphatic carbocycles. The summed E-state index contributed by atoms with van der Waals surface area (Å²) in [5.41, 5.74) is 0.559. The molecule has 0 radical (unpaired) electrons. The Balaban J connectivity index is 1.77. The summed E-state index contributed by atoms with van der Waals surface area (Å²) in [6.45, 7) is 2.25. The Hall–Kier alpha value is -1.39. The second-order valence-corrected chi connectivity index (χ2v) is 5.41. The maximum Gasteiger partial charge on any atom is 0.163 e. The molecule has 0 unspecified atom stereocenters. The zero-order chi connectivity index (χ0) is 14.4. The summed E-state index contributed by atoms with van der Waals surface area (Å²) in [4.78, 5) is 11.5. The lowest BCUT2D eigenvalue weighted by molar-refractivity contribution is 0.0965. The zero-order valence-electron chi connectivity index (χ0n) is 12.0. The van der Waals surface area contributed by atoms with Crippen LogP contribution in [0.2, 0.25) is 0 Å². The van der Waals surface area contributed by atoms with E-state index in [0.717, 1.165) is 0 Å². The maximum absolute atomic E-state index is 11.5. The van der Waals surface area contributed by atoms with Crippen molar-refractivity contribution in [1.82, 2.24) is 5.32 Å². The molecule has 110 valence electrons. The molecule has 0 aliphatic heterocycles. The summed E-state index contributed by atoms with van der Waals surface area (Å²) >= 11 is 0. The van der Waals surface area contributed by atoms with Gasteiger partial charge in [-0.3, -0.25) is 4.79 Å². The molecule has 1 aliphatic rings. The first-order valence-corrected chi connectivity index (χ1v) is 7.31. The van der Waals surface area contributed by atoms with Gasteiger partial charge in [0.05, 0.1) is 5.56 Å². The SMILES string of the molecule is CC(=O)c1ccccc1OC[C@H](O)CNC1CCCC1. The Labute approximate surface area is 120 Å². The van der Waals surface area contributed by atoms with E-state index in [9.17, 15) is 9.90 Å². The van der Waals surface area contributed by atoms with Crippen LogP contribution in [-0.2, 0) is 0 Å². The summed E-state index contributed by atoms with van der Waals surface area (Å²) in [7, 11) is 0. The van der Waals surface area contributed by atoms with E-state index in [2.05, 4.69) is 5.32 Å². The van der Waals surface area contributed by atoms with Gasteiger partial charge in [0, 0.05) is 12.6 Å². The van der Waals surface area contributed by atoms with Gasteiger partial charge in [0.25, 0.3) is 0 Å². The number of carbonyl (C=O) groups excluding carboxylic acids is 1. The highest BCUT2D eigenvalue weighted by Crippen LogP contribution is 2.19. The number of aliphatic hydroxyl groups is 1. The van der Waals surface area contributed by atoms with Gasteiger partial charge in [-0.25, -0.2) is 0 Å². The van der Waals surface area contributed by atoms with Gasteiger partial charge in [0.1, 0.15) is 18.5 Å². The van der Waals surface area contributed by atoms with E-state index in [4.69, 9.17) is 4.74 Å². The summed E-state index contributed by atoms with van der Waals surface area (Å²) in [5.74, 6) is 0.513. The predicted octanol–water partition coefficient (Wildman–Crippen LogP) is 2.16. The molecular weight excluding hydrogens is 254 g/mol. The highest BCUT2D eigenvalue weighted by atomic mass is 16.5. The van der Waals surface area contributed by atoms with Gasteiger partial charge in [-0.15, -0.1) is 0 Å². The minimum atomic E-state index is -0.560. The second kappa shape index (κ2) is 7.41. The third-order valence-electron chi connectivity index (χ3n) is 3.69. The molecule has 4 nitrogen and oxygen atoms in total. The first-order chi connectivity index (χ1) is 9.66. The average Bonchev–Trinajstić information content (AvgIpc) is 2.96. The van der Waals surface area contributed by atoms with Crippen LogP contribution >= 0.6 is 0 Å². The number of rotatable bonds is 7. The standard InChI is InChI=1S/C16H23NO3/c1-12(18)15-8-4-5-9-16(15)20-11-14(19)10-17-13-6-2-3-7-13/h4-5,8-9,13-14,17,19H,2-3,6-7,10-11H2,1H3/t14-/m1/s1. The molecule has 2 rings (SSSR count). The summed E-state index contributed by atoms with van der Waals surface area (Å²) < 4.78 is 5.56. The molecular formula is C16H23NO3. The predicted molar refractivity (Wildman–Crippen MR) is 78.2 cm³/mol. The van der Waals surface area contributed by atoms with E-state index >= 15 is 0 Å². The number of para-hydroxylation sites is 1. The summed E-state index contributed by atoms with van der Waals surface area (Å²) in [5, 5.41) is 13.3. The number of benzene rings is 1. The Morgan fingerprint density at radius 2 is 2.10 bits per heavy atom. The van der Waals surface area contributed by atoms with Gasteiger partial charge in [-0.05, 0) is 31.9 Å². The van der Waals surface area contributed by atoms with Gasteiger partial charge in [-0.2, -0.15) is 0 Å². The first-order valence-electron chi connectivity index (χ1n) is 7.31. The second-order valence-electron chi connectivity index (χ2n) is 5.41. The van der Waals surface area contributed by atoms with Crippen LogP contribution in [0.25, 0.3) is 0 Å². The third kappa shape index (κ3) is 4.32. The number of nitrogens with one attached hydrogen (secondary N) is 1. The number of hydrogen-bond acceptors (Lipinski definition) is 4. The van der Waals surface area contributed by atoms with Crippen LogP contribution < -0.4 is 10.1 Å². The molecule has 0 heterocycles. The van der Waals surface area contributed by atoms with Crippen molar-refractivity contribution in [3.8, 4) is 5.75 Å². The van der Waals surface area contributed by atoms with E-state index in [1.807, 2.05) is 12.1 Å². The van der Waals surface area contributed by atoms with Crippen molar-refractivity contribution in [3.05, 3.63) is 29.8 Å². The molecule has 0 amide bonds. The Morgan fingerprint density at radius 1 is 1.40 bits per heavy atom. The molecule has 1 aromatic carbocycles. The number of hydrogen-bond donors (Lipinski definition) is 2. The maximum atomic E-state index is 11.5. The van der Waals surface area contributed by atoms with Crippen LogP contribution in [-0.4, -0.2) is 36.2 Å². The zero-order valence-corrected chi connectivity index (χ0v) is 12.0. The molecule has 2 N–H and O–H groups in total. The van der Waals surface area contributed by atoms with Gasteiger partial charge in [-0.1, -0.05) is 25.0 Å². The molecule has 1 atom stereocenters. The normalized spacial score (nSPS) is 17.1. The largest absolute Gasteiger partial charge is 0.490 e. The van der Waals surface area contributed by atoms with Crippen molar-refractivity contribution in [2.45, 2.75) is 44.8 Å². The number of ether oxygens (including phenoxy) is 1. The van der Waals surface area contributed by atoms with Gasteiger partial charge < -0.3 is 15.2 Å². The van der Waals surface area contributed by atoms with Crippen LogP contribution in [0.15, 0.2) is 24.3 Å². The topological polar surface area (TPSA) is 58.6 Å². The van der Waals surface area contributed by atoms with Crippen molar-refractivity contribution in [3.63, 3.8) is 0 Å². The lowest BCUT2D eigenvalue weighted by Gasteiger charge is -2.17. The molecule has 0 bridgehead atoms. The number of aliphatic hydroxyl groups excluding tert-OH is 1. The minimum absolute atomic E-state index is 0.0285.